The summed E-state index contributed by atoms with van der Waals surface area (Å²) in [5.74, 6) is 6.07. The molecule has 212 valence electrons. The van der Waals surface area contributed by atoms with Crippen LogP contribution in [0.5, 0.6) is 0 Å². The Hall–Kier alpha value is -4.35. The molecule has 11 nitrogen and oxygen atoms in total. The minimum Gasteiger partial charge on any atom is -0.390 e. The molecule has 2 aromatic rings. The number of nitrogens with one attached hydrogen (secondary N) is 3. The number of aliphatic hydroxyl groups is 1. The lowest BCUT2D eigenvalue weighted by molar-refractivity contribution is 0.0838. The maximum atomic E-state index is 12.8. The van der Waals surface area contributed by atoms with Crippen molar-refractivity contribution in [3.05, 3.63) is 78.3 Å². The first-order chi connectivity index (χ1) is 19.2. The van der Waals surface area contributed by atoms with Crippen LogP contribution in [-0.4, -0.2) is 45.6 Å². The normalized spacial score (nSPS) is 15.8. The molecule has 6 N–H and O–H groups in total. The Morgan fingerprint density at radius 1 is 1.27 bits per heavy atom. The van der Waals surface area contributed by atoms with Crippen molar-refractivity contribution in [2.24, 2.45) is 16.0 Å². The average Bonchev–Trinajstić information content (AvgIpc) is 2.94. The number of hydrogen-bond acceptors (Lipinski definition) is 10. The summed E-state index contributed by atoms with van der Waals surface area (Å²) < 4.78 is 0. The van der Waals surface area contributed by atoms with Crippen molar-refractivity contribution in [1.29, 1.82) is 0 Å². The number of carbonyl (C=O) groups is 1. The number of anilines is 3. The molecule has 0 spiro atoms. The van der Waals surface area contributed by atoms with E-state index in [0.29, 0.717) is 30.7 Å². The lowest BCUT2D eigenvalue weighted by Gasteiger charge is -2.23. The summed E-state index contributed by atoms with van der Waals surface area (Å²) in [5.41, 5.74) is 2.46. The molecule has 1 fully saturated rings. The quantitative estimate of drug-likeness (QED) is 0.105. The predicted octanol–water partition coefficient (Wildman–Crippen LogP) is 4.71. The summed E-state index contributed by atoms with van der Waals surface area (Å²) in [6.45, 7) is 11.0. The van der Waals surface area contributed by atoms with E-state index in [2.05, 4.69) is 66.4 Å². The monoisotopic (exact) mass is 546 g/mol. The van der Waals surface area contributed by atoms with Gasteiger partial charge in [-0.15, -0.1) is 12.5 Å². The number of amides is 1. The van der Waals surface area contributed by atoms with E-state index in [-0.39, 0.29) is 17.3 Å². The number of benzene rings is 1. The molecule has 1 aliphatic carbocycles. The Labute approximate surface area is 235 Å². The van der Waals surface area contributed by atoms with Crippen LogP contribution in [0.2, 0.25) is 0 Å². The summed E-state index contributed by atoms with van der Waals surface area (Å²) in [7, 11) is 0. The van der Waals surface area contributed by atoms with Crippen LogP contribution in [-0.2, 0) is 4.94 Å². The van der Waals surface area contributed by atoms with Crippen LogP contribution < -0.4 is 21.8 Å². The van der Waals surface area contributed by atoms with Crippen LogP contribution in [0.1, 0.15) is 67.8 Å². The molecule has 40 heavy (non-hydrogen) atoms. The van der Waals surface area contributed by atoms with E-state index >= 15 is 0 Å². The van der Waals surface area contributed by atoms with Crippen LogP contribution in [0.15, 0.2) is 77.3 Å². The fourth-order valence-corrected chi connectivity index (χ4v) is 4.15. The van der Waals surface area contributed by atoms with E-state index < -0.39 is 5.60 Å². The Kier molecular flexibility index (Phi) is 11.1. The third-order valence-electron chi connectivity index (χ3n) is 6.25. The van der Waals surface area contributed by atoms with Crippen LogP contribution in [0.3, 0.4) is 0 Å². The molecular formula is C29H38N8O3. The third kappa shape index (κ3) is 9.44. The average molecular weight is 547 g/mol. The smallest absolute Gasteiger partial charge is 0.256 e. The highest BCUT2D eigenvalue weighted by molar-refractivity contribution is 5.99. The van der Waals surface area contributed by atoms with Crippen molar-refractivity contribution in [3.8, 4) is 0 Å². The number of rotatable bonds is 13. The van der Waals surface area contributed by atoms with E-state index in [1.807, 2.05) is 18.2 Å². The summed E-state index contributed by atoms with van der Waals surface area (Å²) in [6.07, 6.45) is 12.4. The van der Waals surface area contributed by atoms with Gasteiger partial charge in [-0.1, -0.05) is 35.5 Å². The molecule has 1 saturated carbocycles. The fraction of sp³-hybridized carbons (Fsp3) is 0.345. The van der Waals surface area contributed by atoms with Gasteiger partial charge in [-0.3, -0.25) is 4.79 Å². The second-order valence-corrected chi connectivity index (χ2v) is 10.0. The molecule has 1 aliphatic rings. The Balaban J connectivity index is 1.77. The first kappa shape index (κ1) is 30.2. The number of allylic oxidation sites excluding steroid dienone is 2. The van der Waals surface area contributed by atoms with Gasteiger partial charge in [0, 0.05) is 18.4 Å². The molecule has 3 rings (SSSR count). The largest absolute Gasteiger partial charge is 0.390 e. The van der Waals surface area contributed by atoms with Crippen LogP contribution in [0.25, 0.3) is 0 Å². The summed E-state index contributed by atoms with van der Waals surface area (Å²) in [5, 5.41) is 22.8. The van der Waals surface area contributed by atoms with Gasteiger partial charge in [0.15, 0.2) is 0 Å². The van der Waals surface area contributed by atoms with Gasteiger partial charge in [-0.2, -0.15) is 4.98 Å². The lowest BCUT2D eigenvalue weighted by atomic mass is 9.83. The van der Waals surface area contributed by atoms with E-state index in [0.717, 1.165) is 37.1 Å². The van der Waals surface area contributed by atoms with Gasteiger partial charge in [0.05, 0.1) is 11.3 Å². The molecule has 11 heteroatoms. The number of oxime groups is 1. The topological polar surface area (TPSA) is 159 Å². The molecule has 0 saturated heterocycles. The molecule has 0 atom stereocenters. The molecule has 1 amide bonds. The van der Waals surface area contributed by atoms with Gasteiger partial charge in [-0.25, -0.2) is 9.98 Å². The third-order valence-corrected chi connectivity index (χ3v) is 6.25. The minimum atomic E-state index is -0.823. The zero-order chi connectivity index (χ0) is 29.0. The van der Waals surface area contributed by atoms with Crippen molar-refractivity contribution in [3.63, 3.8) is 0 Å². The van der Waals surface area contributed by atoms with Crippen LogP contribution in [0.4, 0.5) is 17.5 Å². The number of aliphatic imine (C=N–C) groups is 1. The maximum Gasteiger partial charge on any atom is 0.256 e. The minimum absolute atomic E-state index is 0.234. The maximum absolute atomic E-state index is 12.8. The summed E-state index contributed by atoms with van der Waals surface area (Å²) in [4.78, 5) is 30.1. The molecule has 0 bridgehead atoms. The molecule has 1 aromatic heterocycles. The first-order valence-electron chi connectivity index (χ1n) is 13.1. The van der Waals surface area contributed by atoms with Gasteiger partial charge in [-0.05, 0) is 82.4 Å². The predicted molar refractivity (Wildman–Crippen MR) is 160 cm³/mol. The summed E-state index contributed by atoms with van der Waals surface area (Å²) in [6, 6.07) is 8.14. The SMILES string of the molecule is C=CCNC(=O)c1cnc(Nc2ccc(C3CCC(=NON)CC3)cc2)nc1N/C(=C/C=C\CC(C)(C)O)N=C. The van der Waals surface area contributed by atoms with Gasteiger partial charge in [0.2, 0.25) is 5.95 Å². The molecule has 0 unspecified atom stereocenters. The number of aromatic nitrogens is 2. The fourth-order valence-electron chi connectivity index (χ4n) is 4.15. The van der Waals surface area contributed by atoms with E-state index in [4.69, 9.17) is 5.90 Å². The van der Waals surface area contributed by atoms with Crippen LogP contribution in [0, 0.1) is 0 Å². The standard InChI is InChI=1S/C29H38N8O3/c1-5-18-32-27(38)24-19-33-28(36-26(24)35-25(31-4)8-6-7-17-29(2,3)39)34-22-13-9-20(10-14-22)21-11-15-23(16-12-21)37-40-30/h5-10,13-14,19,21,39H,1,4,11-12,15-18,30H2,2-3H3,(H,32,38)(H2,33,34,35,36)/b7-6-,25-8+,37-23?. The highest BCUT2D eigenvalue weighted by Gasteiger charge is 2.20. The van der Waals surface area contributed by atoms with Crippen molar-refractivity contribution < 1.29 is 14.8 Å². The lowest BCUT2D eigenvalue weighted by Crippen LogP contribution is -2.25. The second kappa shape index (κ2) is 14.7. The van der Waals surface area contributed by atoms with Gasteiger partial charge in [0.1, 0.15) is 17.2 Å². The van der Waals surface area contributed by atoms with Crippen molar-refractivity contribution >= 4 is 35.8 Å². The zero-order valence-corrected chi connectivity index (χ0v) is 23.1. The highest BCUT2D eigenvalue weighted by Crippen LogP contribution is 2.32. The highest BCUT2D eigenvalue weighted by atomic mass is 16.7. The Bertz CT molecular complexity index is 1250. The number of hydrogen-bond donors (Lipinski definition) is 5. The Morgan fingerprint density at radius 2 is 2.00 bits per heavy atom. The van der Waals surface area contributed by atoms with Crippen LogP contribution >= 0.6 is 0 Å². The number of carbonyl (C=O) groups excluding carboxylic acids is 1. The Morgan fingerprint density at radius 3 is 2.62 bits per heavy atom. The zero-order valence-electron chi connectivity index (χ0n) is 23.1. The van der Waals surface area contributed by atoms with Crippen molar-refractivity contribution in [1.82, 2.24) is 15.3 Å². The van der Waals surface area contributed by atoms with Crippen molar-refractivity contribution in [2.45, 2.75) is 57.5 Å². The van der Waals surface area contributed by atoms with E-state index in [1.165, 1.54) is 11.8 Å². The van der Waals surface area contributed by atoms with Gasteiger partial charge < -0.3 is 26.0 Å². The number of nitrogens with two attached hydrogens (primary N) is 1. The second-order valence-electron chi connectivity index (χ2n) is 10.0. The van der Waals surface area contributed by atoms with E-state index in [1.54, 1.807) is 32.1 Å². The summed E-state index contributed by atoms with van der Waals surface area (Å²) >= 11 is 0. The molecule has 1 heterocycles. The first-order valence-corrected chi connectivity index (χ1v) is 13.1. The molecule has 1 aromatic carbocycles. The molecular weight excluding hydrogens is 508 g/mol. The van der Waals surface area contributed by atoms with Gasteiger partial charge in [0.25, 0.3) is 5.91 Å². The molecule has 0 radical (unpaired) electrons. The number of nitrogens with zero attached hydrogens (tertiary/aromatic N) is 4. The van der Waals surface area contributed by atoms with Gasteiger partial charge >= 0.3 is 0 Å². The van der Waals surface area contributed by atoms with Crippen molar-refractivity contribution in [2.75, 3.05) is 17.2 Å². The molecule has 0 aliphatic heterocycles. The van der Waals surface area contributed by atoms with E-state index in [9.17, 15) is 9.90 Å².